The molecule has 0 aliphatic rings. The first-order valence-electron chi connectivity index (χ1n) is 6.27. The lowest BCUT2D eigenvalue weighted by Gasteiger charge is -2.48. The van der Waals surface area contributed by atoms with E-state index < -0.39 is 16.5 Å². The average molecular weight is 258 g/mol. The normalized spacial score (nSPS) is 15.7. The highest BCUT2D eigenvalue weighted by molar-refractivity contribution is 6.90. The van der Waals surface area contributed by atoms with Crippen LogP contribution in [0.5, 0.6) is 0 Å². The van der Waals surface area contributed by atoms with Crippen molar-refractivity contribution in [3.8, 4) is 0 Å². The van der Waals surface area contributed by atoms with Crippen LogP contribution in [0.2, 0.25) is 39.3 Å². The van der Waals surface area contributed by atoms with Gasteiger partial charge in [-0.1, -0.05) is 53.1 Å². The summed E-state index contributed by atoms with van der Waals surface area (Å²) in [5.41, 5.74) is 0. The third kappa shape index (κ3) is 5.17. The minimum Gasteiger partial charge on any atom is -0.453 e. The van der Waals surface area contributed by atoms with Crippen molar-refractivity contribution < 1.29 is 5.02 Å². The topological polar surface area (TPSA) is 23.5 Å². The second-order valence-electron chi connectivity index (χ2n) is 7.06. The fourth-order valence-corrected chi connectivity index (χ4v) is 13.1. The maximum Gasteiger partial charge on any atom is 0.304 e. The van der Waals surface area contributed by atoms with E-state index in [-0.39, 0.29) is 5.94 Å². The van der Waals surface area contributed by atoms with Gasteiger partial charge in [0.1, 0.15) is 16.5 Å². The Labute approximate surface area is 105 Å². The number of hydrogen-bond acceptors (Lipinski definition) is 2. The van der Waals surface area contributed by atoms with Crippen LogP contribution in [0.25, 0.3) is 0 Å². The second kappa shape index (κ2) is 5.84. The van der Waals surface area contributed by atoms with Crippen molar-refractivity contribution in [3.63, 3.8) is 0 Å². The van der Waals surface area contributed by atoms with Gasteiger partial charge in [-0.3, -0.25) is 0 Å². The Morgan fingerprint density at radius 2 is 1.38 bits per heavy atom. The Kier molecular flexibility index (Phi) is 6.00. The van der Waals surface area contributed by atoms with Crippen LogP contribution in [0, 0.1) is 5.92 Å². The number of rotatable bonds is 6. The molecule has 2 nitrogen and oxygen atoms in total. The van der Waals surface area contributed by atoms with Gasteiger partial charge in [-0.05, 0) is 18.3 Å². The van der Waals surface area contributed by atoms with Gasteiger partial charge >= 0.3 is 7.48 Å². The van der Waals surface area contributed by atoms with Gasteiger partial charge < -0.3 is 9.26 Å². The molecule has 0 aliphatic carbocycles. The molecule has 0 aromatic rings. The number of nitrogens with zero attached hydrogens (tertiary/aromatic N) is 1. The molecule has 0 fully saturated rings. The first kappa shape index (κ1) is 16.4. The van der Waals surface area contributed by atoms with Crippen LogP contribution in [-0.4, -0.2) is 39.1 Å². The van der Waals surface area contributed by atoms with Gasteiger partial charge in [-0.15, -0.1) is 0 Å². The van der Waals surface area contributed by atoms with E-state index in [0.29, 0.717) is 5.92 Å². The maximum absolute atomic E-state index is 9.55. The van der Waals surface area contributed by atoms with E-state index in [1.165, 1.54) is 7.48 Å². The SMILES string of the molecule is CC(C)CC([B]O)N([Si](C)(C)C)[Si](C)(C)C. The molecule has 0 aromatic carbocycles. The van der Waals surface area contributed by atoms with Gasteiger partial charge in [0, 0.05) is 0 Å². The quantitative estimate of drug-likeness (QED) is 0.740. The summed E-state index contributed by atoms with van der Waals surface area (Å²) in [6, 6.07) is 0. The summed E-state index contributed by atoms with van der Waals surface area (Å²) in [6.07, 6.45) is 1.06. The molecule has 0 spiro atoms. The summed E-state index contributed by atoms with van der Waals surface area (Å²) in [7, 11) is -1.31. The molecule has 0 aromatic heterocycles. The number of hydrogen-bond donors (Lipinski definition) is 1. The zero-order chi connectivity index (χ0) is 13.1. The van der Waals surface area contributed by atoms with Crippen LogP contribution in [0.4, 0.5) is 0 Å². The molecular weight excluding hydrogens is 229 g/mol. The molecule has 1 radical (unpaired) electrons. The average Bonchev–Trinajstić information content (AvgIpc) is 1.96. The summed E-state index contributed by atoms with van der Waals surface area (Å²) in [4.78, 5) is 0. The van der Waals surface area contributed by atoms with Crippen molar-refractivity contribution in [1.29, 1.82) is 0 Å². The summed E-state index contributed by atoms with van der Waals surface area (Å²) in [5, 5.41) is 9.55. The molecule has 1 atom stereocenters. The first-order valence-corrected chi connectivity index (χ1v) is 13.2. The Morgan fingerprint density at radius 1 is 1.00 bits per heavy atom. The molecule has 0 saturated carbocycles. The lowest BCUT2D eigenvalue weighted by Crippen LogP contribution is -2.65. The van der Waals surface area contributed by atoms with Crippen molar-refractivity contribution in [2.45, 2.75) is 65.5 Å². The van der Waals surface area contributed by atoms with E-state index in [1.54, 1.807) is 0 Å². The molecule has 1 unspecified atom stereocenters. The lowest BCUT2D eigenvalue weighted by atomic mass is 9.83. The van der Waals surface area contributed by atoms with Crippen molar-refractivity contribution in [2.24, 2.45) is 5.92 Å². The first-order chi connectivity index (χ1) is 7.00. The molecule has 95 valence electrons. The highest BCUT2D eigenvalue weighted by atomic mass is 28.4. The van der Waals surface area contributed by atoms with Crippen LogP contribution in [0.3, 0.4) is 0 Å². The van der Waals surface area contributed by atoms with Crippen molar-refractivity contribution in [1.82, 2.24) is 4.23 Å². The molecule has 0 saturated heterocycles. The second-order valence-corrected chi connectivity index (χ2v) is 17.2. The van der Waals surface area contributed by atoms with Gasteiger partial charge in [0.25, 0.3) is 0 Å². The largest absolute Gasteiger partial charge is 0.453 e. The summed E-state index contributed by atoms with van der Waals surface area (Å²) in [5.74, 6) is 0.877. The molecule has 0 rings (SSSR count). The van der Waals surface area contributed by atoms with Crippen LogP contribution in [0.15, 0.2) is 0 Å². The molecule has 0 aliphatic heterocycles. The smallest absolute Gasteiger partial charge is 0.304 e. The van der Waals surface area contributed by atoms with Gasteiger partial charge in [0.05, 0.1) is 0 Å². The van der Waals surface area contributed by atoms with Crippen LogP contribution in [-0.2, 0) is 0 Å². The maximum atomic E-state index is 9.55. The summed E-state index contributed by atoms with van der Waals surface area (Å²) >= 11 is 0. The van der Waals surface area contributed by atoms with Gasteiger partial charge in [-0.2, -0.15) is 0 Å². The van der Waals surface area contributed by atoms with Crippen molar-refractivity contribution >= 4 is 24.0 Å². The van der Waals surface area contributed by atoms with Gasteiger partial charge in [0.15, 0.2) is 0 Å². The fourth-order valence-electron chi connectivity index (χ4n) is 2.72. The molecule has 0 amide bonds. The van der Waals surface area contributed by atoms with Crippen LogP contribution < -0.4 is 0 Å². The highest BCUT2D eigenvalue weighted by Crippen LogP contribution is 2.25. The molecule has 0 heterocycles. The standard InChI is InChI=1S/C11H29BNOSi2/c1-10(2)9-11(12-14)13(15(3,4)5)16(6,7)8/h10-11,14H,9H2,1-8H3. The minimum atomic E-state index is -1.37. The van der Waals surface area contributed by atoms with Crippen LogP contribution >= 0.6 is 0 Å². The fraction of sp³-hybridized carbons (Fsp3) is 1.00. The Bertz CT molecular complexity index is 197. The van der Waals surface area contributed by atoms with Gasteiger partial charge in [-0.25, -0.2) is 0 Å². The molecule has 0 bridgehead atoms. The molecular formula is C11H29BNOSi2. The predicted molar refractivity (Wildman–Crippen MR) is 79.7 cm³/mol. The van der Waals surface area contributed by atoms with Crippen molar-refractivity contribution in [3.05, 3.63) is 0 Å². The van der Waals surface area contributed by atoms with E-state index >= 15 is 0 Å². The summed E-state index contributed by atoms with van der Waals surface area (Å²) < 4.78 is 2.67. The zero-order valence-electron chi connectivity index (χ0n) is 12.3. The third-order valence-electron chi connectivity index (χ3n) is 2.66. The van der Waals surface area contributed by atoms with Crippen molar-refractivity contribution in [2.75, 3.05) is 0 Å². The highest BCUT2D eigenvalue weighted by Gasteiger charge is 2.39. The van der Waals surface area contributed by atoms with E-state index in [1.807, 2.05) is 0 Å². The monoisotopic (exact) mass is 258 g/mol. The van der Waals surface area contributed by atoms with E-state index in [9.17, 15) is 5.02 Å². The van der Waals surface area contributed by atoms with Gasteiger partial charge in [0.2, 0.25) is 0 Å². The Morgan fingerprint density at radius 3 is 1.56 bits per heavy atom. The summed E-state index contributed by atoms with van der Waals surface area (Å²) in [6.45, 7) is 18.7. The van der Waals surface area contributed by atoms with E-state index in [4.69, 9.17) is 0 Å². The molecule has 16 heavy (non-hydrogen) atoms. The zero-order valence-corrected chi connectivity index (χ0v) is 14.3. The van der Waals surface area contributed by atoms with E-state index in [0.717, 1.165) is 6.42 Å². The van der Waals surface area contributed by atoms with E-state index in [2.05, 4.69) is 57.4 Å². The third-order valence-corrected chi connectivity index (χ3v) is 10.2. The van der Waals surface area contributed by atoms with Crippen LogP contribution in [0.1, 0.15) is 20.3 Å². The predicted octanol–water partition coefficient (Wildman–Crippen LogP) is 2.94. The molecule has 5 heteroatoms. The minimum absolute atomic E-state index is 0.248. The Balaban J connectivity index is 5.01. The lowest BCUT2D eigenvalue weighted by molar-refractivity contribution is 0.419. The molecule has 1 N–H and O–H groups in total. The Hall–Kier alpha value is 0.419.